The summed E-state index contributed by atoms with van der Waals surface area (Å²) >= 11 is 0. The van der Waals surface area contributed by atoms with Gasteiger partial charge in [-0.1, -0.05) is 12.1 Å². The molecule has 0 N–H and O–H groups in total. The topological polar surface area (TPSA) is 61.2 Å². The minimum atomic E-state index is -3.02. The second-order valence-electron chi connectivity index (χ2n) is 4.26. The molecule has 0 unspecified atom stereocenters. The van der Waals surface area contributed by atoms with Gasteiger partial charge in [0.15, 0.2) is 0 Å². The molecule has 0 saturated heterocycles. The predicted molar refractivity (Wildman–Crippen MR) is 67.2 cm³/mol. The van der Waals surface area contributed by atoms with Gasteiger partial charge in [0, 0.05) is 24.9 Å². The van der Waals surface area contributed by atoms with Gasteiger partial charge < -0.3 is 4.90 Å². The maximum Gasteiger partial charge on any atom is 0.148 e. The van der Waals surface area contributed by atoms with Crippen molar-refractivity contribution in [2.75, 3.05) is 25.6 Å². The minimum Gasteiger partial charge on any atom is -0.301 e. The van der Waals surface area contributed by atoms with E-state index in [1.165, 1.54) is 6.07 Å². The lowest BCUT2D eigenvalue weighted by atomic mass is 10.1. The zero-order chi connectivity index (χ0) is 13.8. The standard InChI is InChI=1S/C12H15FN2O2S/c1-15(6-7-18(2,16)17)9-11-5-3-4-10(8-14)12(11)13/h3-5H,6-7,9H2,1-2H3. The van der Waals surface area contributed by atoms with Crippen LogP contribution in [0.4, 0.5) is 4.39 Å². The van der Waals surface area contributed by atoms with Crippen molar-refractivity contribution in [2.24, 2.45) is 0 Å². The summed E-state index contributed by atoms with van der Waals surface area (Å²) in [5.41, 5.74) is 0.397. The number of nitriles is 1. The van der Waals surface area contributed by atoms with Gasteiger partial charge in [-0.25, -0.2) is 12.8 Å². The SMILES string of the molecule is CN(CCS(C)(=O)=O)Cc1cccc(C#N)c1F. The highest BCUT2D eigenvalue weighted by Gasteiger charge is 2.11. The molecule has 6 heteroatoms. The normalized spacial score (nSPS) is 11.5. The van der Waals surface area contributed by atoms with Crippen molar-refractivity contribution in [1.82, 2.24) is 4.90 Å². The van der Waals surface area contributed by atoms with Gasteiger partial charge in [-0.05, 0) is 13.1 Å². The molecule has 0 aliphatic heterocycles. The predicted octanol–water partition coefficient (Wildman–Crippen LogP) is 1.17. The van der Waals surface area contributed by atoms with Gasteiger partial charge in [-0.15, -0.1) is 0 Å². The van der Waals surface area contributed by atoms with E-state index in [0.29, 0.717) is 12.1 Å². The molecule has 0 amide bonds. The van der Waals surface area contributed by atoms with Crippen molar-refractivity contribution in [3.63, 3.8) is 0 Å². The third-order valence-corrected chi connectivity index (χ3v) is 3.41. The molecule has 0 spiro atoms. The van der Waals surface area contributed by atoms with Gasteiger partial charge in [0.05, 0.1) is 11.3 Å². The fraction of sp³-hybridized carbons (Fsp3) is 0.417. The Labute approximate surface area is 107 Å². The van der Waals surface area contributed by atoms with Gasteiger partial charge in [0.25, 0.3) is 0 Å². The van der Waals surface area contributed by atoms with E-state index >= 15 is 0 Å². The number of halogens is 1. The summed E-state index contributed by atoms with van der Waals surface area (Å²) in [6.07, 6.45) is 1.16. The van der Waals surface area contributed by atoms with Crippen LogP contribution >= 0.6 is 0 Å². The van der Waals surface area contributed by atoms with E-state index in [-0.39, 0.29) is 17.9 Å². The van der Waals surface area contributed by atoms with Crippen molar-refractivity contribution in [3.8, 4) is 6.07 Å². The van der Waals surface area contributed by atoms with Gasteiger partial charge in [-0.3, -0.25) is 0 Å². The Morgan fingerprint density at radius 3 is 2.67 bits per heavy atom. The highest BCUT2D eigenvalue weighted by Crippen LogP contribution is 2.13. The molecule has 4 nitrogen and oxygen atoms in total. The molecule has 1 aromatic rings. The van der Waals surface area contributed by atoms with Crippen LogP contribution in [0.25, 0.3) is 0 Å². The number of hydrogen-bond acceptors (Lipinski definition) is 4. The smallest absolute Gasteiger partial charge is 0.148 e. The minimum absolute atomic E-state index is 0.00372. The Bertz CT molecular complexity index is 564. The van der Waals surface area contributed by atoms with Crippen LogP contribution in [0.5, 0.6) is 0 Å². The molecule has 1 rings (SSSR count). The lowest BCUT2D eigenvalue weighted by molar-refractivity contribution is 0.339. The molecule has 0 radical (unpaired) electrons. The maximum absolute atomic E-state index is 13.7. The summed E-state index contributed by atoms with van der Waals surface area (Å²) < 4.78 is 35.8. The zero-order valence-corrected chi connectivity index (χ0v) is 11.2. The van der Waals surface area contributed by atoms with Crippen LogP contribution in [0.3, 0.4) is 0 Å². The highest BCUT2D eigenvalue weighted by atomic mass is 32.2. The van der Waals surface area contributed by atoms with Crippen molar-refractivity contribution in [1.29, 1.82) is 5.26 Å². The van der Waals surface area contributed by atoms with Crippen LogP contribution in [0.15, 0.2) is 18.2 Å². The Hall–Kier alpha value is -1.45. The van der Waals surface area contributed by atoms with E-state index in [4.69, 9.17) is 5.26 Å². The lowest BCUT2D eigenvalue weighted by Crippen LogP contribution is -2.25. The second-order valence-corrected chi connectivity index (χ2v) is 6.52. The van der Waals surface area contributed by atoms with Crippen LogP contribution < -0.4 is 0 Å². The monoisotopic (exact) mass is 270 g/mol. The fourth-order valence-electron chi connectivity index (χ4n) is 1.48. The Balaban J connectivity index is 2.71. The molecule has 98 valence electrons. The lowest BCUT2D eigenvalue weighted by Gasteiger charge is -2.16. The Morgan fingerprint density at radius 1 is 1.44 bits per heavy atom. The number of nitrogens with zero attached hydrogens (tertiary/aromatic N) is 2. The molecule has 0 aromatic heterocycles. The molecule has 0 atom stereocenters. The first-order chi connectivity index (χ1) is 8.33. The molecule has 0 aliphatic rings. The number of rotatable bonds is 5. The largest absolute Gasteiger partial charge is 0.301 e. The summed E-state index contributed by atoms with van der Waals surface area (Å²) in [6.45, 7) is 0.603. The number of sulfone groups is 1. The van der Waals surface area contributed by atoms with Crippen LogP contribution in [0, 0.1) is 17.1 Å². The van der Waals surface area contributed by atoms with E-state index in [2.05, 4.69) is 0 Å². The quantitative estimate of drug-likeness (QED) is 0.806. The molecule has 0 bridgehead atoms. The molecular formula is C12H15FN2O2S. The molecule has 0 saturated carbocycles. The average molecular weight is 270 g/mol. The van der Waals surface area contributed by atoms with Crippen LogP contribution in [-0.4, -0.2) is 38.9 Å². The van der Waals surface area contributed by atoms with Crippen LogP contribution in [0.1, 0.15) is 11.1 Å². The maximum atomic E-state index is 13.7. The molecule has 0 aliphatic carbocycles. The Kier molecular flexibility index (Phi) is 4.82. The van der Waals surface area contributed by atoms with E-state index in [0.717, 1.165) is 6.26 Å². The summed E-state index contributed by atoms with van der Waals surface area (Å²) in [5.74, 6) is -0.505. The summed E-state index contributed by atoms with van der Waals surface area (Å²) in [7, 11) is -1.31. The second kappa shape index (κ2) is 5.94. The molecular weight excluding hydrogens is 255 g/mol. The van der Waals surface area contributed by atoms with Crippen molar-refractivity contribution in [3.05, 3.63) is 35.1 Å². The van der Waals surface area contributed by atoms with Gasteiger partial charge >= 0.3 is 0 Å². The van der Waals surface area contributed by atoms with Gasteiger partial charge in [0.2, 0.25) is 0 Å². The fourth-order valence-corrected chi connectivity index (χ4v) is 2.12. The average Bonchev–Trinajstić information content (AvgIpc) is 2.28. The number of hydrogen-bond donors (Lipinski definition) is 0. The van der Waals surface area contributed by atoms with E-state index in [1.807, 2.05) is 0 Å². The zero-order valence-electron chi connectivity index (χ0n) is 10.4. The van der Waals surface area contributed by atoms with E-state index in [9.17, 15) is 12.8 Å². The Morgan fingerprint density at radius 2 is 2.11 bits per heavy atom. The third kappa shape index (κ3) is 4.43. The summed E-state index contributed by atoms with van der Waals surface area (Å²) in [6, 6.07) is 6.39. The summed E-state index contributed by atoms with van der Waals surface area (Å²) in [5, 5.41) is 8.70. The number of benzene rings is 1. The van der Waals surface area contributed by atoms with Crippen molar-refractivity contribution in [2.45, 2.75) is 6.54 Å². The van der Waals surface area contributed by atoms with Crippen LogP contribution in [-0.2, 0) is 16.4 Å². The molecule has 1 aromatic carbocycles. The van der Waals surface area contributed by atoms with Gasteiger partial charge in [-0.2, -0.15) is 5.26 Å². The van der Waals surface area contributed by atoms with Crippen LogP contribution in [0.2, 0.25) is 0 Å². The van der Waals surface area contributed by atoms with Crippen molar-refractivity contribution < 1.29 is 12.8 Å². The molecule has 18 heavy (non-hydrogen) atoms. The summed E-state index contributed by atoms with van der Waals surface area (Å²) in [4.78, 5) is 1.71. The first kappa shape index (κ1) is 14.6. The highest BCUT2D eigenvalue weighted by molar-refractivity contribution is 7.90. The first-order valence-electron chi connectivity index (χ1n) is 5.37. The third-order valence-electron chi connectivity index (χ3n) is 2.48. The van der Waals surface area contributed by atoms with E-state index in [1.54, 1.807) is 30.1 Å². The molecule has 0 fully saturated rings. The van der Waals surface area contributed by atoms with E-state index < -0.39 is 15.7 Å². The van der Waals surface area contributed by atoms with Gasteiger partial charge in [0.1, 0.15) is 21.7 Å². The molecule has 0 heterocycles. The van der Waals surface area contributed by atoms with Crippen molar-refractivity contribution >= 4 is 9.84 Å². The first-order valence-corrected chi connectivity index (χ1v) is 7.43.